The summed E-state index contributed by atoms with van der Waals surface area (Å²) < 4.78 is 15.6. The van der Waals surface area contributed by atoms with Gasteiger partial charge in [-0.15, -0.1) is 11.3 Å². The molecule has 0 aliphatic carbocycles. The monoisotopic (exact) mass is 722 g/mol. The van der Waals surface area contributed by atoms with Gasteiger partial charge in [-0.05, 0) is 64.0 Å². The van der Waals surface area contributed by atoms with E-state index in [-0.39, 0.29) is 0 Å². The minimum atomic E-state index is 0.578. The van der Waals surface area contributed by atoms with Gasteiger partial charge in [0.05, 0.1) is 5.39 Å². The Morgan fingerprint density at radius 3 is 2.02 bits per heavy atom. The van der Waals surface area contributed by atoms with Crippen LogP contribution in [0.2, 0.25) is 0 Å². The van der Waals surface area contributed by atoms with Crippen molar-refractivity contribution in [3.8, 4) is 45.6 Å². The van der Waals surface area contributed by atoms with E-state index in [1.54, 1.807) is 11.3 Å². The summed E-state index contributed by atoms with van der Waals surface area (Å²) in [7, 11) is 0. The smallest absolute Gasteiger partial charge is 0.227 e. The number of aromatic nitrogens is 4. The molecule has 12 aromatic rings. The molecule has 6 nitrogen and oxygen atoms in total. The second-order valence-electron chi connectivity index (χ2n) is 13.8. The molecule has 0 atom stereocenters. The molecule has 0 bridgehead atoms. The third-order valence-corrected chi connectivity index (χ3v) is 11.8. The van der Waals surface area contributed by atoms with Gasteiger partial charge in [0.1, 0.15) is 16.7 Å². The highest BCUT2D eigenvalue weighted by atomic mass is 32.1. The molecular weight excluding hydrogens is 697 g/mol. The maximum atomic E-state index is 6.69. The minimum absolute atomic E-state index is 0.578. The highest BCUT2D eigenvalue weighted by molar-refractivity contribution is 7.26. The van der Waals surface area contributed by atoms with Crippen molar-refractivity contribution in [1.82, 2.24) is 19.9 Å². The zero-order chi connectivity index (χ0) is 36.0. The van der Waals surface area contributed by atoms with E-state index in [0.29, 0.717) is 28.9 Å². The van der Waals surface area contributed by atoms with Crippen LogP contribution in [0.25, 0.3) is 120 Å². The Morgan fingerprint density at radius 1 is 0.418 bits per heavy atom. The van der Waals surface area contributed by atoms with Crippen LogP contribution in [0.1, 0.15) is 0 Å². The van der Waals surface area contributed by atoms with Gasteiger partial charge >= 0.3 is 0 Å². The van der Waals surface area contributed by atoms with Crippen molar-refractivity contribution in [2.24, 2.45) is 0 Å². The quantitative estimate of drug-likeness (QED) is 0.180. The largest absolute Gasteiger partial charge is 0.456 e. The van der Waals surface area contributed by atoms with Crippen molar-refractivity contribution in [2.75, 3.05) is 0 Å². The fraction of sp³-hybridized carbons (Fsp3) is 0. The lowest BCUT2D eigenvalue weighted by Crippen LogP contribution is -2.00. The van der Waals surface area contributed by atoms with Gasteiger partial charge in [-0.25, -0.2) is 19.9 Å². The molecule has 0 saturated heterocycles. The van der Waals surface area contributed by atoms with E-state index in [2.05, 4.69) is 91.0 Å². The van der Waals surface area contributed by atoms with Gasteiger partial charge in [-0.1, -0.05) is 115 Å². The number of oxazole rings is 1. The molecule has 7 heteroatoms. The van der Waals surface area contributed by atoms with E-state index in [4.69, 9.17) is 28.8 Å². The first-order valence-corrected chi connectivity index (χ1v) is 18.9. The second-order valence-corrected chi connectivity index (χ2v) is 14.8. The van der Waals surface area contributed by atoms with Crippen LogP contribution in [-0.4, -0.2) is 19.9 Å². The lowest BCUT2D eigenvalue weighted by atomic mass is 10.0. The standard InChI is InChI=1S/C48H26N4O2S/c1-2-11-29(12-3-1)45-50-46(52-47(51-45)35-18-9-16-33-32-15-6-7-19-40(32)55-44(33)35)30-21-20-28-22-24-38-41(36(28)26-30)42-39(53-38)25-23-37-43(42)54-48(49-37)34-17-8-13-27-10-4-5-14-31(27)34/h1-26H. The summed E-state index contributed by atoms with van der Waals surface area (Å²) in [6.45, 7) is 0. The van der Waals surface area contributed by atoms with Crippen LogP contribution in [0.5, 0.6) is 0 Å². The Kier molecular flexibility index (Phi) is 6.40. The Morgan fingerprint density at radius 2 is 1.09 bits per heavy atom. The number of hydrogen-bond acceptors (Lipinski definition) is 7. The van der Waals surface area contributed by atoms with Gasteiger partial charge in [-0.3, -0.25) is 0 Å². The van der Waals surface area contributed by atoms with Gasteiger partial charge in [0.2, 0.25) is 5.89 Å². The molecule has 0 fully saturated rings. The molecule has 0 aliphatic heterocycles. The molecule has 0 amide bonds. The average Bonchev–Trinajstić information content (AvgIpc) is 3.97. The van der Waals surface area contributed by atoms with Crippen LogP contribution < -0.4 is 0 Å². The van der Waals surface area contributed by atoms with Gasteiger partial charge in [0.25, 0.3) is 0 Å². The van der Waals surface area contributed by atoms with E-state index >= 15 is 0 Å². The van der Waals surface area contributed by atoms with Crippen molar-refractivity contribution >= 4 is 86.1 Å². The van der Waals surface area contributed by atoms with Crippen molar-refractivity contribution in [2.45, 2.75) is 0 Å². The molecule has 256 valence electrons. The Hall–Kier alpha value is -7.22. The first-order valence-electron chi connectivity index (χ1n) is 18.1. The van der Waals surface area contributed by atoms with Gasteiger partial charge in [-0.2, -0.15) is 0 Å². The number of thiophene rings is 1. The molecule has 0 radical (unpaired) electrons. The summed E-state index contributed by atoms with van der Waals surface area (Å²) in [4.78, 5) is 20.4. The maximum Gasteiger partial charge on any atom is 0.227 e. The Balaban J connectivity index is 1.09. The number of benzene rings is 8. The first-order chi connectivity index (χ1) is 27.2. The predicted molar refractivity (Wildman–Crippen MR) is 224 cm³/mol. The van der Waals surface area contributed by atoms with E-state index < -0.39 is 0 Å². The molecule has 12 rings (SSSR count). The molecule has 0 aliphatic rings. The number of fused-ring (bicyclic) bond motifs is 11. The van der Waals surface area contributed by atoms with E-state index in [1.165, 1.54) is 15.5 Å². The summed E-state index contributed by atoms with van der Waals surface area (Å²) in [6, 6.07) is 54.0. The van der Waals surface area contributed by atoms with Gasteiger partial charge in [0, 0.05) is 47.8 Å². The van der Waals surface area contributed by atoms with Crippen molar-refractivity contribution in [3.05, 3.63) is 158 Å². The van der Waals surface area contributed by atoms with E-state index in [1.807, 2.05) is 66.7 Å². The summed E-state index contributed by atoms with van der Waals surface area (Å²) >= 11 is 1.77. The molecule has 55 heavy (non-hydrogen) atoms. The van der Waals surface area contributed by atoms with Gasteiger partial charge in [0.15, 0.2) is 23.1 Å². The second kappa shape index (κ2) is 11.6. The predicted octanol–water partition coefficient (Wildman–Crippen LogP) is 13.3. The molecule has 0 unspecified atom stereocenters. The number of rotatable bonds is 4. The molecule has 4 aromatic heterocycles. The summed E-state index contributed by atoms with van der Waals surface area (Å²) in [6.07, 6.45) is 0. The lowest BCUT2D eigenvalue weighted by Gasteiger charge is -2.10. The van der Waals surface area contributed by atoms with Crippen LogP contribution in [0, 0.1) is 0 Å². The first kappa shape index (κ1) is 30.3. The Bertz CT molecular complexity index is 3500. The van der Waals surface area contributed by atoms with Crippen LogP contribution in [0.4, 0.5) is 0 Å². The van der Waals surface area contributed by atoms with Crippen LogP contribution >= 0.6 is 11.3 Å². The summed E-state index contributed by atoms with van der Waals surface area (Å²) in [5.74, 6) is 2.43. The SMILES string of the molecule is c1ccc(-c2nc(-c3ccc4ccc5oc6ccc7nc(-c8cccc9ccccc89)oc7c6c5c4c3)nc(-c3cccc4c3sc3ccccc34)n2)cc1. The fourth-order valence-corrected chi connectivity index (χ4v) is 9.20. The summed E-state index contributed by atoms with van der Waals surface area (Å²) in [5, 5.41) is 8.60. The fourth-order valence-electron chi connectivity index (χ4n) is 7.99. The van der Waals surface area contributed by atoms with Crippen LogP contribution in [0.15, 0.2) is 167 Å². The zero-order valence-corrected chi connectivity index (χ0v) is 29.8. The van der Waals surface area contributed by atoms with Crippen molar-refractivity contribution in [1.29, 1.82) is 0 Å². The Labute approximate surface area is 317 Å². The van der Waals surface area contributed by atoms with Gasteiger partial charge < -0.3 is 8.83 Å². The normalized spacial score (nSPS) is 12.0. The van der Waals surface area contributed by atoms with Crippen LogP contribution in [-0.2, 0) is 0 Å². The third kappa shape index (κ3) is 4.67. The third-order valence-electron chi connectivity index (χ3n) is 10.6. The van der Waals surface area contributed by atoms with Crippen molar-refractivity contribution < 1.29 is 8.83 Å². The van der Waals surface area contributed by atoms with Crippen LogP contribution in [0.3, 0.4) is 0 Å². The van der Waals surface area contributed by atoms with E-state index in [9.17, 15) is 0 Å². The zero-order valence-electron chi connectivity index (χ0n) is 29.0. The molecular formula is C48H26N4O2S. The molecule has 0 spiro atoms. The topological polar surface area (TPSA) is 77.8 Å². The lowest BCUT2D eigenvalue weighted by molar-refractivity contribution is 0.623. The van der Waals surface area contributed by atoms with Crippen molar-refractivity contribution in [3.63, 3.8) is 0 Å². The highest BCUT2D eigenvalue weighted by Gasteiger charge is 2.21. The average molecular weight is 723 g/mol. The maximum absolute atomic E-state index is 6.69. The number of nitrogens with zero attached hydrogens (tertiary/aromatic N) is 4. The number of furan rings is 1. The molecule has 8 aromatic carbocycles. The minimum Gasteiger partial charge on any atom is -0.456 e. The highest BCUT2D eigenvalue weighted by Crippen LogP contribution is 2.43. The number of hydrogen-bond donors (Lipinski definition) is 0. The summed E-state index contributed by atoms with van der Waals surface area (Å²) in [5.41, 5.74) is 6.72. The molecule has 0 N–H and O–H groups in total. The molecule has 4 heterocycles. The van der Waals surface area contributed by atoms with E-state index in [0.717, 1.165) is 76.0 Å². The molecule has 0 saturated carbocycles.